The van der Waals surface area contributed by atoms with Crippen molar-refractivity contribution in [3.05, 3.63) is 0 Å². The van der Waals surface area contributed by atoms with E-state index in [2.05, 4.69) is 18.9 Å². The van der Waals surface area contributed by atoms with Crippen molar-refractivity contribution in [1.82, 2.24) is 9.80 Å². The van der Waals surface area contributed by atoms with Gasteiger partial charge in [0.1, 0.15) is 0 Å². The molecule has 0 aromatic carbocycles. The summed E-state index contributed by atoms with van der Waals surface area (Å²) in [6.07, 6.45) is 4.92. The second kappa shape index (κ2) is 7.36. The quantitative estimate of drug-likeness (QED) is 0.812. The molecule has 0 radical (unpaired) electrons. The first-order chi connectivity index (χ1) is 8.47. The van der Waals surface area contributed by atoms with Crippen molar-refractivity contribution in [3.63, 3.8) is 0 Å². The van der Waals surface area contributed by atoms with Crippen molar-refractivity contribution >= 4 is 17.7 Å². The van der Waals surface area contributed by atoms with E-state index in [0.717, 1.165) is 31.6 Å². The van der Waals surface area contributed by atoms with Crippen LogP contribution in [0.5, 0.6) is 0 Å². The van der Waals surface area contributed by atoms with Crippen molar-refractivity contribution < 1.29 is 4.79 Å². The highest BCUT2D eigenvalue weighted by Gasteiger charge is 2.29. The lowest BCUT2D eigenvalue weighted by atomic mass is 9.97. The van der Waals surface area contributed by atoms with Crippen molar-refractivity contribution in [1.29, 1.82) is 0 Å². The first kappa shape index (κ1) is 15.8. The number of carbonyl (C=O) groups is 1. The van der Waals surface area contributed by atoms with Crippen LogP contribution in [0.1, 0.15) is 26.2 Å². The molecule has 0 unspecified atom stereocenters. The zero-order valence-corrected chi connectivity index (χ0v) is 12.9. The maximum absolute atomic E-state index is 12.2. The van der Waals surface area contributed by atoms with Crippen LogP contribution in [0.3, 0.4) is 0 Å². The summed E-state index contributed by atoms with van der Waals surface area (Å²) in [7, 11) is 4.05. The third kappa shape index (κ3) is 4.14. The van der Waals surface area contributed by atoms with E-state index in [1.54, 1.807) is 11.8 Å². The first-order valence-electron chi connectivity index (χ1n) is 6.68. The summed E-state index contributed by atoms with van der Waals surface area (Å²) >= 11 is 1.74. The number of nitrogens with two attached hydrogens (primary N) is 1. The van der Waals surface area contributed by atoms with Crippen LogP contribution in [0, 0.1) is 0 Å². The number of hydrogen-bond acceptors (Lipinski definition) is 4. The van der Waals surface area contributed by atoms with Gasteiger partial charge in [-0.15, -0.1) is 0 Å². The highest BCUT2D eigenvalue weighted by molar-refractivity contribution is 7.98. The van der Waals surface area contributed by atoms with Crippen molar-refractivity contribution in [2.24, 2.45) is 5.73 Å². The van der Waals surface area contributed by atoms with E-state index in [4.69, 9.17) is 5.73 Å². The largest absolute Gasteiger partial charge is 0.341 e. The molecule has 1 saturated heterocycles. The molecule has 1 fully saturated rings. The Kier molecular flexibility index (Phi) is 6.46. The van der Waals surface area contributed by atoms with Gasteiger partial charge in [0.05, 0.1) is 6.04 Å². The molecule has 1 aliphatic rings. The van der Waals surface area contributed by atoms with E-state index in [-0.39, 0.29) is 11.9 Å². The van der Waals surface area contributed by atoms with Gasteiger partial charge in [-0.05, 0) is 45.2 Å². The van der Waals surface area contributed by atoms with Crippen LogP contribution in [0.15, 0.2) is 0 Å². The molecular weight excluding hydrogens is 246 g/mol. The Hall–Kier alpha value is -0.260. The summed E-state index contributed by atoms with van der Waals surface area (Å²) in [5.41, 5.74) is 5.96. The van der Waals surface area contributed by atoms with Gasteiger partial charge in [0.2, 0.25) is 5.91 Å². The summed E-state index contributed by atoms with van der Waals surface area (Å²) in [6.45, 7) is 3.28. The second-order valence-electron chi connectivity index (χ2n) is 5.34. The number of piperidine rings is 1. The van der Waals surface area contributed by atoms with E-state index in [0.29, 0.717) is 12.1 Å². The molecule has 1 amide bonds. The maximum atomic E-state index is 12.2. The van der Waals surface area contributed by atoms with E-state index in [1.165, 1.54) is 0 Å². The molecule has 0 aromatic rings. The molecule has 4 nitrogen and oxygen atoms in total. The lowest BCUT2D eigenvalue weighted by molar-refractivity contribution is -0.134. The minimum Gasteiger partial charge on any atom is -0.341 e. The van der Waals surface area contributed by atoms with Gasteiger partial charge in [-0.25, -0.2) is 0 Å². The van der Waals surface area contributed by atoms with Gasteiger partial charge in [0, 0.05) is 25.7 Å². The summed E-state index contributed by atoms with van der Waals surface area (Å²) in [5, 5.41) is 0. The summed E-state index contributed by atoms with van der Waals surface area (Å²) < 4.78 is 0. The number of carbonyl (C=O) groups excluding carboxylic acids is 1. The molecule has 0 spiro atoms. The van der Waals surface area contributed by atoms with Gasteiger partial charge in [-0.1, -0.05) is 0 Å². The first-order valence-corrected chi connectivity index (χ1v) is 8.08. The van der Waals surface area contributed by atoms with Gasteiger partial charge >= 0.3 is 0 Å². The minimum atomic E-state index is -0.336. The van der Waals surface area contributed by atoms with Gasteiger partial charge in [-0.3, -0.25) is 4.79 Å². The Balaban J connectivity index is 2.48. The van der Waals surface area contributed by atoms with E-state index in [1.807, 2.05) is 18.2 Å². The van der Waals surface area contributed by atoms with Crippen LogP contribution in [-0.4, -0.2) is 66.5 Å². The van der Waals surface area contributed by atoms with Gasteiger partial charge in [0.25, 0.3) is 0 Å². The van der Waals surface area contributed by atoms with Crippen LogP contribution in [0.4, 0.5) is 0 Å². The molecule has 106 valence electrons. The Morgan fingerprint density at radius 2 is 2.28 bits per heavy atom. The smallest absolute Gasteiger partial charge is 0.239 e. The fourth-order valence-electron chi connectivity index (χ4n) is 2.43. The average Bonchev–Trinajstić information content (AvgIpc) is 2.37. The predicted molar refractivity (Wildman–Crippen MR) is 78.9 cm³/mol. The third-order valence-electron chi connectivity index (χ3n) is 4.03. The molecule has 0 aliphatic carbocycles. The highest BCUT2D eigenvalue weighted by Crippen LogP contribution is 2.20. The zero-order chi connectivity index (χ0) is 13.7. The lowest BCUT2D eigenvalue weighted by Gasteiger charge is -2.40. The Morgan fingerprint density at radius 1 is 1.61 bits per heavy atom. The summed E-state index contributed by atoms with van der Waals surface area (Å²) in [6, 6.07) is 0.558. The standard InChI is InChI=1S/C13H27N3OS/c1-10-9-11(5-7-15(10)2)16(3)13(17)12(14)6-8-18-4/h10-12H,5-9,14H2,1-4H3/t10-,11-,12-/m0/s1. The van der Waals surface area contributed by atoms with Crippen LogP contribution < -0.4 is 5.73 Å². The molecule has 1 aliphatic heterocycles. The normalized spacial score (nSPS) is 26.9. The molecule has 0 saturated carbocycles. The third-order valence-corrected chi connectivity index (χ3v) is 4.67. The van der Waals surface area contributed by atoms with Gasteiger partial charge in [0.15, 0.2) is 0 Å². The zero-order valence-electron chi connectivity index (χ0n) is 12.1. The van der Waals surface area contributed by atoms with Crippen LogP contribution in [-0.2, 0) is 4.79 Å². The molecule has 0 bridgehead atoms. The van der Waals surface area contributed by atoms with Crippen LogP contribution in [0.2, 0.25) is 0 Å². The van der Waals surface area contributed by atoms with Crippen molar-refractivity contribution in [2.45, 2.75) is 44.3 Å². The second-order valence-corrected chi connectivity index (χ2v) is 6.33. The fourth-order valence-corrected chi connectivity index (χ4v) is 2.92. The molecule has 3 atom stereocenters. The molecule has 5 heteroatoms. The maximum Gasteiger partial charge on any atom is 0.239 e. The Bertz CT molecular complexity index is 275. The van der Waals surface area contributed by atoms with Crippen LogP contribution in [0.25, 0.3) is 0 Å². The topological polar surface area (TPSA) is 49.6 Å². The number of likely N-dealkylation sites (tertiary alicyclic amines) is 1. The van der Waals surface area contributed by atoms with Gasteiger partial charge in [-0.2, -0.15) is 11.8 Å². The van der Waals surface area contributed by atoms with Crippen molar-refractivity contribution in [3.8, 4) is 0 Å². The minimum absolute atomic E-state index is 0.103. The average molecular weight is 273 g/mol. The fraction of sp³-hybridized carbons (Fsp3) is 0.923. The number of hydrogen-bond donors (Lipinski definition) is 1. The molecule has 0 aromatic heterocycles. The molecule has 18 heavy (non-hydrogen) atoms. The number of thioether (sulfide) groups is 1. The van der Waals surface area contributed by atoms with E-state index >= 15 is 0 Å². The monoisotopic (exact) mass is 273 g/mol. The number of likely N-dealkylation sites (N-methyl/N-ethyl adjacent to an activating group) is 1. The predicted octanol–water partition coefficient (Wildman–Crippen LogP) is 1.01. The number of nitrogens with zero attached hydrogens (tertiary/aromatic N) is 2. The molecule has 2 N–H and O–H groups in total. The summed E-state index contributed by atoms with van der Waals surface area (Å²) in [4.78, 5) is 16.4. The molecular formula is C13H27N3OS. The highest BCUT2D eigenvalue weighted by atomic mass is 32.2. The number of amides is 1. The molecule has 1 rings (SSSR count). The van der Waals surface area contributed by atoms with Crippen LogP contribution >= 0.6 is 11.8 Å². The SMILES string of the molecule is CSCC[C@H](N)C(=O)N(C)[C@H]1CCN(C)[C@@H](C)C1. The van der Waals surface area contributed by atoms with E-state index < -0.39 is 0 Å². The van der Waals surface area contributed by atoms with Crippen molar-refractivity contribution in [2.75, 3.05) is 32.6 Å². The molecule has 1 heterocycles. The number of rotatable bonds is 5. The summed E-state index contributed by atoms with van der Waals surface area (Å²) in [5.74, 6) is 1.05. The Labute approximate surface area is 115 Å². The Morgan fingerprint density at radius 3 is 2.83 bits per heavy atom. The van der Waals surface area contributed by atoms with Gasteiger partial charge < -0.3 is 15.5 Å². The van der Waals surface area contributed by atoms with E-state index in [9.17, 15) is 4.79 Å². The lowest BCUT2D eigenvalue weighted by Crippen LogP contribution is -2.52.